The summed E-state index contributed by atoms with van der Waals surface area (Å²) in [5, 5.41) is 9.39. The quantitative estimate of drug-likeness (QED) is 0.863. The van der Waals surface area contributed by atoms with Crippen molar-refractivity contribution in [1.29, 1.82) is 0 Å². The van der Waals surface area contributed by atoms with Gasteiger partial charge in [-0.15, -0.1) is 0 Å². The molecule has 0 saturated carbocycles. The maximum atomic E-state index is 12.5. The molecule has 1 rings (SSSR count). The van der Waals surface area contributed by atoms with Crippen molar-refractivity contribution in [2.24, 2.45) is 11.8 Å². The average Bonchev–Trinajstić information content (AvgIpc) is 2.43. The van der Waals surface area contributed by atoms with Gasteiger partial charge in [0.1, 0.15) is 6.04 Å². The Bertz CT molecular complexity index is 357. The molecule has 3 unspecified atom stereocenters. The first kappa shape index (κ1) is 16.8. The number of amides is 2. The van der Waals surface area contributed by atoms with Gasteiger partial charge in [0.15, 0.2) is 0 Å². The van der Waals surface area contributed by atoms with Gasteiger partial charge in [0, 0.05) is 19.6 Å². The molecule has 0 bridgehead atoms. The van der Waals surface area contributed by atoms with Crippen LogP contribution in [0.15, 0.2) is 0 Å². The molecule has 1 aliphatic rings. The standard InChI is InChI=1S/C15H28N2O3/c1-6-12-7-8-17(13(9-12)14(18)19)15(20)16(5)11(4)10(2)3/h10-13H,6-9H2,1-5H3,(H,18,19). The number of carboxylic acids is 1. The Morgan fingerprint density at radius 2 is 1.95 bits per heavy atom. The van der Waals surface area contributed by atoms with Crippen LogP contribution in [0.5, 0.6) is 0 Å². The Labute approximate surface area is 121 Å². The SMILES string of the molecule is CCC1CCN(C(=O)N(C)C(C)C(C)C)C(C(=O)O)C1. The summed E-state index contributed by atoms with van der Waals surface area (Å²) in [5.41, 5.74) is 0. The molecule has 0 aromatic rings. The Kier molecular flexibility index (Phi) is 5.84. The number of aliphatic carboxylic acids is 1. The fraction of sp³-hybridized carbons (Fsp3) is 0.867. The zero-order valence-corrected chi connectivity index (χ0v) is 13.3. The molecule has 0 radical (unpaired) electrons. The molecule has 116 valence electrons. The van der Waals surface area contributed by atoms with Crippen LogP contribution in [-0.2, 0) is 4.79 Å². The van der Waals surface area contributed by atoms with Crippen LogP contribution in [0.3, 0.4) is 0 Å². The number of likely N-dealkylation sites (tertiary alicyclic amines) is 1. The number of piperidine rings is 1. The number of carboxylic acid groups (broad SMARTS) is 1. The minimum absolute atomic E-state index is 0.0980. The number of hydrogen-bond acceptors (Lipinski definition) is 2. The lowest BCUT2D eigenvalue weighted by atomic mass is 9.89. The third-order valence-corrected chi connectivity index (χ3v) is 4.70. The number of carbonyl (C=O) groups is 2. The highest BCUT2D eigenvalue weighted by atomic mass is 16.4. The normalized spacial score (nSPS) is 24.6. The van der Waals surface area contributed by atoms with E-state index in [4.69, 9.17) is 0 Å². The number of nitrogens with zero attached hydrogens (tertiary/aromatic N) is 2. The number of rotatable bonds is 4. The van der Waals surface area contributed by atoms with Crippen LogP contribution in [0.1, 0.15) is 47.0 Å². The molecule has 0 aliphatic carbocycles. The predicted octanol–water partition coefficient (Wildman–Crippen LogP) is 2.66. The summed E-state index contributed by atoms with van der Waals surface area (Å²) in [6.45, 7) is 8.74. The first-order valence-electron chi connectivity index (χ1n) is 7.55. The highest BCUT2D eigenvalue weighted by Crippen LogP contribution is 2.27. The molecule has 0 aromatic heterocycles. The summed E-state index contributed by atoms with van der Waals surface area (Å²) in [6.07, 6.45) is 2.45. The summed E-state index contributed by atoms with van der Waals surface area (Å²) in [7, 11) is 1.76. The number of urea groups is 1. The lowest BCUT2D eigenvalue weighted by Gasteiger charge is -2.40. The van der Waals surface area contributed by atoms with Crippen LogP contribution in [0.4, 0.5) is 4.79 Å². The van der Waals surface area contributed by atoms with Gasteiger partial charge in [0.2, 0.25) is 0 Å². The molecule has 5 nitrogen and oxygen atoms in total. The molecule has 1 aliphatic heterocycles. The van der Waals surface area contributed by atoms with Crippen molar-refractivity contribution < 1.29 is 14.7 Å². The largest absolute Gasteiger partial charge is 0.480 e. The monoisotopic (exact) mass is 284 g/mol. The van der Waals surface area contributed by atoms with E-state index in [-0.39, 0.29) is 12.1 Å². The lowest BCUT2D eigenvalue weighted by molar-refractivity contribution is -0.144. The molecular weight excluding hydrogens is 256 g/mol. The van der Waals surface area contributed by atoms with Crippen molar-refractivity contribution in [2.75, 3.05) is 13.6 Å². The van der Waals surface area contributed by atoms with Crippen molar-refractivity contribution in [3.8, 4) is 0 Å². The van der Waals surface area contributed by atoms with Gasteiger partial charge in [-0.2, -0.15) is 0 Å². The van der Waals surface area contributed by atoms with E-state index >= 15 is 0 Å². The van der Waals surface area contributed by atoms with E-state index in [9.17, 15) is 14.7 Å². The van der Waals surface area contributed by atoms with Gasteiger partial charge in [0.05, 0.1) is 0 Å². The second-order valence-corrected chi connectivity index (χ2v) is 6.22. The van der Waals surface area contributed by atoms with E-state index in [1.54, 1.807) is 11.9 Å². The second-order valence-electron chi connectivity index (χ2n) is 6.22. The molecule has 1 fully saturated rings. The zero-order chi connectivity index (χ0) is 15.4. The topological polar surface area (TPSA) is 60.9 Å². The first-order valence-corrected chi connectivity index (χ1v) is 7.55. The van der Waals surface area contributed by atoms with Crippen LogP contribution >= 0.6 is 0 Å². The molecular formula is C15H28N2O3. The van der Waals surface area contributed by atoms with Crippen LogP contribution in [-0.4, -0.2) is 52.6 Å². The van der Waals surface area contributed by atoms with E-state index in [0.29, 0.717) is 24.8 Å². The van der Waals surface area contributed by atoms with E-state index in [2.05, 4.69) is 20.8 Å². The summed E-state index contributed by atoms with van der Waals surface area (Å²) >= 11 is 0. The first-order chi connectivity index (χ1) is 9.29. The van der Waals surface area contributed by atoms with Gasteiger partial charge in [-0.1, -0.05) is 27.2 Å². The Balaban J connectivity index is 2.82. The van der Waals surface area contributed by atoms with E-state index in [1.165, 1.54) is 4.90 Å². The average molecular weight is 284 g/mol. The van der Waals surface area contributed by atoms with Gasteiger partial charge < -0.3 is 14.9 Å². The van der Waals surface area contributed by atoms with Gasteiger partial charge in [-0.05, 0) is 31.6 Å². The van der Waals surface area contributed by atoms with Gasteiger partial charge in [0.25, 0.3) is 0 Å². The smallest absolute Gasteiger partial charge is 0.326 e. The Hall–Kier alpha value is -1.26. The fourth-order valence-electron chi connectivity index (χ4n) is 2.70. The number of hydrogen-bond donors (Lipinski definition) is 1. The van der Waals surface area contributed by atoms with Crippen molar-refractivity contribution >= 4 is 12.0 Å². The molecule has 5 heteroatoms. The van der Waals surface area contributed by atoms with Crippen LogP contribution in [0.25, 0.3) is 0 Å². The van der Waals surface area contributed by atoms with Gasteiger partial charge in [-0.3, -0.25) is 0 Å². The lowest BCUT2D eigenvalue weighted by Crippen LogP contribution is -2.55. The van der Waals surface area contributed by atoms with Crippen LogP contribution in [0.2, 0.25) is 0 Å². The molecule has 2 amide bonds. The molecule has 1 N–H and O–H groups in total. The van der Waals surface area contributed by atoms with Crippen molar-refractivity contribution in [2.45, 2.75) is 59.0 Å². The molecule has 3 atom stereocenters. The minimum atomic E-state index is -0.887. The maximum Gasteiger partial charge on any atom is 0.326 e. The highest BCUT2D eigenvalue weighted by Gasteiger charge is 2.37. The van der Waals surface area contributed by atoms with Crippen LogP contribution < -0.4 is 0 Å². The molecule has 0 aromatic carbocycles. The molecule has 1 saturated heterocycles. The van der Waals surface area contributed by atoms with Crippen LogP contribution in [0, 0.1) is 11.8 Å². The summed E-state index contributed by atoms with van der Waals surface area (Å²) in [4.78, 5) is 27.2. The second kappa shape index (κ2) is 6.95. The summed E-state index contributed by atoms with van der Waals surface area (Å²) in [6, 6.07) is -0.739. The highest BCUT2D eigenvalue weighted by molar-refractivity contribution is 5.83. The van der Waals surface area contributed by atoms with E-state index in [1.807, 2.05) is 6.92 Å². The van der Waals surface area contributed by atoms with Crippen molar-refractivity contribution in [3.05, 3.63) is 0 Å². The predicted molar refractivity (Wildman–Crippen MR) is 78.6 cm³/mol. The number of carbonyl (C=O) groups excluding carboxylic acids is 1. The summed E-state index contributed by atoms with van der Waals surface area (Å²) < 4.78 is 0. The van der Waals surface area contributed by atoms with Crippen molar-refractivity contribution in [1.82, 2.24) is 9.80 Å². The summed E-state index contributed by atoms with van der Waals surface area (Å²) in [5.74, 6) is -0.129. The fourth-order valence-corrected chi connectivity index (χ4v) is 2.70. The van der Waals surface area contributed by atoms with Gasteiger partial charge >= 0.3 is 12.0 Å². The van der Waals surface area contributed by atoms with E-state index < -0.39 is 12.0 Å². The third kappa shape index (κ3) is 3.64. The molecule has 0 spiro atoms. The maximum absolute atomic E-state index is 12.5. The van der Waals surface area contributed by atoms with Gasteiger partial charge in [-0.25, -0.2) is 9.59 Å². The zero-order valence-electron chi connectivity index (χ0n) is 13.3. The molecule has 20 heavy (non-hydrogen) atoms. The third-order valence-electron chi connectivity index (χ3n) is 4.70. The Morgan fingerprint density at radius 1 is 1.35 bits per heavy atom. The Morgan fingerprint density at radius 3 is 2.40 bits per heavy atom. The van der Waals surface area contributed by atoms with E-state index in [0.717, 1.165) is 12.8 Å². The molecule has 1 heterocycles. The minimum Gasteiger partial charge on any atom is -0.480 e. The van der Waals surface area contributed by atoms with Crippen molar-refractivity contribution in [3.63, 3.8) is 0 Å².